The largest absolute Gasteiger partial charge is 0.469 e. The summed E-state index contributed by atoms with van der Waals surface area (Å²) in [6.07, 6.45) is 1.54. The highest BCUT2D eigenvalue weighted by Crippen LogP contribution is 2.31. The summed E-state index contributed by atoms with van der Waals surface area (Å²) in [6, 6.07) is 7.05. The summed E-state index contributed by atoms with van der Waals surface area (Å²) in [5.74, 6) is 0.883. The Balaban J connectivity index is 2.08. The van der Waals surface area contributed by atoms with Crippen molar-refractivity contribution in [2.45, 2.75) is 38.8 Å². The van der Waals surface area contributed by atoms with E-state index in [0.29, 0.717) is 0 Å². The normalized spacial score (nSPS) is 11.8. The Bertz CT molecular complexity index is 538. The molecule has 0 aliphatic carbocycles. The Morgan fingerprint density at radius 2 is 1.70 bits per heavy atom. The first-order valence-corrected chi connectivity index (χ1v) is 6.75. The minimum Gasteiger partial charge on any atom is -0.469 e. The van der Waals surface area contributed by atoms with Crippen LogP contribution in [0.15, 0.2) is 41.0 Å². The summed E-state index contributed by atoms with van der Waals surface area (Å²) in [4.78, 5) is 0. The zero-order chi connectivity index (χ0) is 14.6. The third-order valence-corrected chi connectivity index (χ3v) is 3.23. The minimum absolute atomic E-state index is 0.632. The fourth-order valence-electron chi connectivity index (χ4n) is 2.06. The van der Waals surface area contributed by atoms with Gasteiger partial charge in [-0.25, -0.2) is 0 Å². The SMILES string of the molecule is CCCCCc1cc(-c2ccc(C(F)(F)F)cc2)co1. The van der Waals surface area contributed by atoms with Crippen LogP contribution in [0.3, 0.4) is 0 Å². The lowest BCUT2D eigenvalue weighted by Crippen LogP contribution is -2.03. The minimum atomic E-state index is -4.29. The van der Waals surface area contributed by atoms with Gasteiger partial charge in [-0.1, -0.05) is 31.9 Å². The van der Waals surface area contributed by atoms with Crippen LogP contribution in [0.5, 0.6) is 0 Å². The lowest BCUT2D eigenvalue weighted by molar-refractivity contribution is -0.137. The van der Waals surface area contributed by atoms with Crippen molar-refractivity contribution in [3.05, 3.63) is 47.9 Å². The number of hydrogen-bond acceptors (Lipinski definition) is 1. The maximum atomic E-state index is 12.5. The standard InChI is InChI=1S/C16H17F3O/c1-2-3-4-5-15-10-13(11-20-15)12-6-8-14(9-7-12)16(17,18)19/h6-11H,2-5H2,1H3. The molecule has 0 saturated carbocycles. The molecule has 1 nitrogen and oxygen atoms in total. The summed E-state index contributed by atoms with van der Waals surface area (Å²) < 4.78 is 42.9. The molecule has 0 aliphatic rings. The molecule has 0 bridgehead atoms. The van der Waals surface area contributed by atoms with Gasteiger partial charge >= 0.3 is 6.18 Å². The molecule has 0 spiro atoms. The average Bonchev–Trinajstić information content (AvgIpc) is 2.87. The molecule has 0 radical (unpaired) electrons. The number of aryl methyl sites for hydroxylation is 1. The monoisotopic (exact) mass is 282 g/mol. The molecular weight excluding hydrogens is 265 g/mol. The van der Waals surface area contributed by atoms with Gasteiger partial charge in [0.1, 0.15) is 5.76 Å². The highest BCUT2D eigenvalue weighted by atomic mass is 19.4. The van der Waals surface area contributed by atoms with Gasteiger partial charge in [-0.15, -0.1) is 0 Å². The number of benzene rings is 1. The number of rotatable bonds is 5. The van der Waals surface area contributed by atoms with Gasteiger partial charge < -0.3 is 4.42 Å². The molecule has 1 heterocycles. The first kappa shape index (κ1) is 14.7. The summed E-state index contributed by atoms with van der Waals surface area (Å²) in [6.45, 7) is 2.13. The summed E-state index contributed by atoms with van der Waals surface area (Å²) in [7, 11) is 0. The van der Waals surface area contributed by atoms with E-state index in [2.05, 4.69) is 6.92 Å². The van der Waals surface area contributed by atoms with E-state index in [-0.39, 0.29) is 0 Å². The second-order valence-corrected chi connectivity index (χ2v) is 4.83. The zero-order valence-electron chi connectivity index (χ0n) is 11.3. The summed E-state index contributed by atoms with van der Waals surface area (Å²) in [5, 5.41) is 0. The first-order valence-electron chi connectivity index (χ1n) is 6.75. The van der Waals surface area contributed by atoms with E-state index in [1.165, 1.54) is 12.1 Å². The molecule has 0 N–H and O–H groups in total. The van der Waals surface area contributed by atoms with Gasteiger partial charge in [-0.05, 0) is 30.2 Å². The maximum absolute atomic E-state index is 12.5. The van der Waals surface area contributed by atoms with Gasteiger partial charge in [0.05, 0.1) is 11.8 Å². The second-order valence-electron chi connectivity index (χ2n) is 4.83. The fraction of sp³-hybridized carbons (Fsp3) is 0.375. The number of furan rings is 1. The van der Waals surface area contributed by atoms with Crippen molar-refractivity contribution in [3.8, 4) is 11.1 Å². The topological polar surface area (TPSA) is 13.1 Å². The highest BCUT2D eigenvalue weighted by Gasteiger charge is 2.29. The third-order valence-electron chi connectivity index (χ3n) is 3.23. The molecule has 1 aromatic carbocycles. The summed E-state index contributed by atoms with van der Waals surface area (Å²) in [5.41, 5.74) is 0.932. The molecule has 0 saturated heterocycles. The second kappa shape index (κ2) is 6.16. The Morgan fingerprint density at radius 3 is 2.30 bits per heavy atom. The van der Waals surface area contributed by atoms with Crippen LogP contribution in [0, 0.1) is 0 Å². The van der Waals surface area contributed by atoms with Crippen LogP contribution in [-0.4, -0.2) is 0 Å². The van der Waals surface area contributed by atoms with Gasteiger partial charge in [-0.2, -0.15) is 13.2 Å². The summed E-state index contributed by atoms with van der Waals surface area (Å²) >= 11 is 0. The van der Waals surface area contributed by atoms with Crippen LogP contribution in [0.1, 0.15) is 37.5 Å². The molecule has 0 aliphatic heterocycles. The number of halogens is 3. The Hall–Kier alpha value is -1.71. The lowest BCUT2D eigenvalue weighted by atomic mass is 10.1. The average molecular weight is 282 g/mol. The molecule has 2 rings (SSSR count). The molecule has 2 aromatic rings. The van der Waals surface area contributed by atoms with Crippen LogP contribution in [0.4, 0.5) is 13.2 Å². The maximum Gasteiger partial charge on any atom is 0.416 e. The van der Waals surface area contributed by atoms with Crippen LogP contribution >= 0.6 is 0 Å². The molecule has 1 aromatic heterocycles. The Labute approximate surface area is 116 Å². The van der Waals surface area contributed by atoms with E-state index < -0.39 is 11.7 Å². The van der Waals surface area contributed by atoms with Crippen molar-refractivity contribution >= 4 is 0 Å². The van der Waals surface area contributed by atoms with E-state index in [1.54, 1.807) is 6.26 Å². The van der Waals surface area contributed by atoms with E-state index in [4.69, 9.17) is 4.42 Å². The number of alkyl halides is 3. The zero-order valence-corrected chi connectivity index (χ0v) is 11.3. The molecule has 0 atom stereocenters. The third kappa shape index (κ3) is 3.65. The molecule has 0 fully saturated rings. The van der Waals surface area contributed by atoms with Crippen LogP contribution in [0.2, 0.25) is 0 Å². The van der Waals surface area contributed by atoms with Gasteiger partial charge in [-0.3, -0.25) is 0 Å². The molecule has 20 heavy (non-hydrogen) atoms. The highest BCUT2D eigenvalue weighted by molar-refractivity contribution is 5.63. The number of unbranched alkanes of at least 4 members (excludes halogenated alkanes) is 2. The lowest BCUT2D eigenvalue weighted by Gasteiger charge is -2.06. The predicted molar refractivity (Wildman–Crippen MR) is 72.4 cm³/mol. The van der Waals surface area contributed by atoms with E-state index in [1.807, 2.05) is 6.07 Å². The van der Waals surface area contributed by atoms with Gasteiger partial charge in [0.2, 0.25) is 0 Å². The number of hydrogen-bond donors (Lipinski definition) is 0. The smallest absolute Gasteiger partial charge is 0.416 e. The fourth-order valence-corrected chi connectivity index (χ4v) is 2.06. The van der Waals surface area contributed by atoms with Crippen molar-refractivity contribution in [3.63, 3.8) is 0 Å². The van der Waals surface area contributed by atoms with Crippen molar-refractivity contribution in [1.82, 2.24) is 0 Å². The van der Waals surface area contributed by atoms with Crippen molar-refractivity contribution in [2.75, 3.05) is 0 Å². The molecule has 4 heteroatoms. The first-order chi connectivity index (χ1) is 9.50. The Kier molecular flexibility index (Phi) is 4.53. The van der Waals surface area contributed by atoms with E-state index in [0.717, 1.165) is 54.7 Å². The molecule has 108 valence electrons. The quantitative estimate of drug-likeness (QED) is 0.641. The van der Waals surface area contributed by atoms with Crippen molar-refractivity contribution < 1.29 is 17.6 Å². The van der Waals surface area contributed by atoms with Crippen molar-refractivity contribution in [2.24, 2.45) is 0 Å². The Morgan fingerprint density at radius 1 is 1.00 bits per heavy atom. The van der Waals surface area contributed by atoms with Gasteiger partial charge in [0.15, 0.2) is 0 Å². The van der Waals surface area contributed by atoms with Crippen LogP contribution in [-0.2, 0) is 12.6 Å². The predicted octanol–water partition coefficient (Wildman–Crippen LogP) is 5.70. The van der Waals surface area contributed by atoms with Crippen LogP contribution in [0.25, 0.3) is 11.1 Å². The van der Waals surface area contributed by atoms with Gasteiger partial charge in [0, 0.05) is 12.0 Å². The van der Waals surface area contributed by atoms with E-state index in [9.17, 15) is 13.2 Å². The van der Waals surface area contributed by atoms with Crippen molar-refractivity contribution in [1.29, 1.82) is 0 Å². The molecule has 0 unspecified atom stereocenters. The molecular formula is C16H17F3O. The molecule has 0 amide bonds. The van der Waals surface area contributed by atoms with Crippen LogP contribution < -0.4 is 0 Å². The van der Waals surface area contributed by atoms with Gasteiger partial charge in [0.25, 0.3) is 0 Å². The van der Waals surface area contributed by atoms with E-state index >= 15 is 0 Å².